The minimum Gasteiger partial charge on any atom is -0.370 e. The van der Waals surface area contributed by atoms with Crippen molar-refractivity contribution in [3.05, 3.63) is 22.9 Å². The Kier molecular flexibility index (Phi) is 0.913. The Labute approximate surface area is 110 Å². The molecule has 1 aliphatic heterocycles. The van der Waals surface area contributed by atoms with Crippen molar-refractivity contribution >= 4 is 21.6 Å². The second kappa shape index (κ2) is 4.30. The van der Waals surface area contributed by atoms with E-state index in [0.717, 1.165) is 6.20 Å². The molecule has 0 saturated carbocycles. The normalized spacial score (nSPS) is 48.8. The molecule has 1 aliphatic rings. The first-order valence-corrected chi connectivity index (χ1v) is 4.58. The lowest BCUT2D eigenvalue weighted by Crippen LogP contribution is -2.32. The summed E-state index contributed by atoms with van der Waals surface area (Å²) in [5.74, 6) is -3.72. The molecule has 0 bridgehead atoms. The highest BCUT2D eigenvalue weighted by Gasteiger charge is 2.15. The van der Waals surface area contributed by atoms with Gasteiger partial charge in [-0.2, -0.15) is 0 Å². The van der Waals surface area contributed by atoms with Crippen molar-refractivity contribution in [3.63, 3.8) is 0 Å². The highest BCUT2D eigenvalue weighted by Crippen LogP contribution is 2.22. The molecule has 2 nitrogen and oxygen atoms in total. The van der Waals surface area contributed by atoms with E-state index < -0.39 is 38.5 Å². The first-order valence-electron chi connectivity index (χ1n) is 9.79. The maximum Gasteiger partial charge on any atom is 0.106 e. The van der Waals surface area contributed by atoms with Crippen LogP contribution < -0.4 is 4.90 Å². The average molecular weight is 267 g/mol. The molecule has 0 amide bonds. The number of nitrogens with zero attached hydrogens (tertiary/aromatic N) is 2. The van der Waals surface area contributed by atoms with E-state index in [1.807, 2.05) is 0 Å². The first kappa shape index (κ1) is 2.97. The minimum absolute atomic E-state index is 0.179. The summed E-state index contributed by atoms with van der Waals surface area (Å²) in [5, 5.41) is 0. The van der Waals surface area contributed by atoms with Gasteiger partial charge in [0.2, 0.25) is 0 Å². The Hall–Kier alpha value is -0.570. The predicted molar refractivity (Wildman–Crippen MR) is 62.5 cm³/mol. The summed E-state index contributed by atoms with van der Waals surface area (Å²) in [4.78, 5) is 3.98. The number of halogens is 1. The molecule has 0 aliphatic carbocycles. The van der Waals surface area contributed by atoms with Crippen molar-refractivity contribution < 1.29 is 16.4 Å². The fourth-order valence-corrected chi connectivity index (χ4v) is 1.15. The van der Waals surface area contributed by atoms with Crippen molar-refractivity contribution in [2.75, 3.05) is 17.9 Å². The van der Waals surface area contributed by atoms with E-state index >= 15 is 0 Å². The molecule has 0 radical (unpaired) electrons. The third kappa shape index (κ3) is 2.27. The van der Waals surface area contributed by atoms with E-state index in [1.165, 1.54) is 12.1 Å². The van der Waals surface area contributed by atoms with Crippen LogP contribution >= 0.6 is 15.9 Å². The Morgan fingerprint density at radius 2 is 2.43 bits per heavy atom. The van der Waals surface area contributed by atoms with Gasteiger partial charge in [-0.15, -0.1) is 0 Å². The van der Waals surface area contributed by atoms with E-state index in [4.69, 9.17) is 16.4 Å². The maximum absolute atomic E-state index is 8.15. The topological polar surface area (TPSA) is 16.1 Å². The quantitative estimate of drug-likeness (QED) is 0.727. The van der Waals surface area contributed by atoms with E-state index in [0.29, 0.717) is 4.60 Å². The second-order valence-corrected chi connectivity index (χ2v) is 3.34. The highest BCUT2D eigenvalue weighted by molar-refractivity contribution is 9.10. The summed E-state index contributed by atoms with van der Waals surface area (Å²) in [6, 6.07) is 2.50. The molecule has 0 N–H and O–H groups in total. The number of hydrogen-bond acceptors (Lipinski definition) is 2. The van der Waals surface area contributed by atoms with E-state index in [-0.39, 0.29) is 10.6 Å². The van der Waals surface area contributed by atoms with Crippen LogP contribution in [0.2, 0.25) is 0 Å². The van der Waals surface area contributed by atoms with Crippen LogP contribution in [0.1, 0.15) is 36.0 Å². The molecule has 14 heavy (non-hydrogen) atoms. The summed E-state index contributed by atoms with van der Waals surface area (Å²) in [7, 11) is 0. The zero-order valence-electron chi connectivity index (χ0n) is 19.0. The molecule has 2 heterocycles. The molecular formula is C11H15BrN2. The SMILES string of the molecule is [2H]C([2H])([2H])C1([2H])C([2H])([2H])C([2H])([2H])N(c2ccc(Br)nc2)C([2H])([2H])C1([2H])[2H]. The van der Waals surface area contributed by atoms with Crippen molar-refractivity contribution in [2.45, 2.75) is 19.6 Å². The number of piperidine rings is 1. The van der Waals surface area contributed by atoms with Crippen molar-refractivity contribution in [2.24, 2.45) is 5.89 Å². The van der Waals surface area contributed by atoms with Crippen molar-refractivity contribution in [3.8, 4) is 0 Å². The predicted octanol–water partition coefficient (Wildman–Crippen LogP) is 3.08. The number of aromatic nitrogens is 1. The Morgan fingerprint density at radius 3 is 3.00 bits per heavy atom. The molecule has 1 fully saturated rings. The van der Waals surface area contributed by atoms with Gasteiger partial charge in [0.1, 0.15) is 4.60 Å². The molecule has 0 unspecified atom stereocenters. The zero-order valence-corrected chi connectivity index (χ0v) is 8.59. The van der Waals surface area contributed by atoms with Crippen LogP contribution in [0, 0.1) is 5.89 Å². The van der Waals surface area contributed by atoms with Gasteiger partial charge in [0.25, 0.3) is 0 Å². The number of rotatable bonds is 1. The number of hydrogen-bond donors (Lipinski definition) is 0. The molecule has 0 aromatic carbocycles. The molecule has 2 rings (SSSR count). The Bertz CT molecular complexity index is 670. The molecule has 0 spiro atoms. The molecule has 76 valence electrons. The van der Waals surface area contributed by atoms with Gasteiger partial charge in [0, 0.05) is 29.4 Å². The lowest BCUT2D eigenvalue weighted by atomic mass is 9.99. The molecule has 1 saturated heterocycles. The van der Waals surface area contributed by atoms with Crippen LogP contribution in [0.5, 0.6) is 0 Å². The van der Waals surface area contributed by atoms with Gasteiger partial charge in [0.05, 0.1) is 11.9 Å². The van der Waals surface area contributed by atoms with Crippen molar-refractivity contribution in [1.29, 1.82) is 0 Å². The lowest BCUT2D eigenvalue weighted by Gasteiger charge is -2.31. The lowest BCUT2D eigenvalue weighted by molar-refractivity contribution is 0.438. The van der Waals surface area contributed by atoms with Gasteiger partial charge in [-0.1, -0.05) is 6.85 Å². The second-order valence-electron chi connectivity index (χ2n) is 2.52. The fraction of sp³-hybridized carbons (Fsp3) is 0.545. The van der Waals surface area contributed by atoms with Gasteiger partial charge >= 0.3 is 0 Å². The van der Waals surface area contributed by atoms with Gasteiger partial charge in [-0.3, -0.25) is 0 Å². The minimum atomic E-state index is -3.72. The molecule has 3 heteroatoms. The van der Waals surface area contributed by atoms with Crippen LogP contribution in [-0.4, -0.2) is 18.0 Å². The summed E-state index contributed by atoms with van der Waals surface area (Å²) in [6.07, 6.45) is -6.24. The fourth-order valence-electron chi connectivity index (χ4n) is 0.912. The van der Waals surface area contributed by atoms with E-state index in [9.17, 15) is 0 Å². The van der Waals surface area contributed by atoms with Crippen LogP contribution in [0.3, 0.4) is 0 Å². The number of anilines is 1. The van der Waals surface area contributed by atoms with E-state index in [1.54, 1.807) is 0 Å². The largest absolute Gasteiger partial charge is 0.370 e. The van der Waals surface area contributed by atoms with Crippen LogP contribution in [0.4, 0.5) is 5.69 Å². The highest BCUT2D eigenvalue weighted by atomic mass is 79.9. The number of pyridine rings is 1. The van der Waals surface area contributed by atoms with Crippen LogP contribution in [-0.2, 0) is 0 Å². The van der Waals surface area contributed by atoms with Crippen LogP contribution in [0.15, 0.2) is 22.9 Å². The Balaban J connectivity index is 2.86. The molecule has 1 aromatic rings. The van der Waals surface area contributed by atoms with Gasteiger partial charge in [-0.05, 0) is 46.7 Å². The van der Waals surface area contributed by atoms with Crippen LogP contribution in [0.25, 0.3) is 0 Å². The standard InChI is InChI=1S/C11H15BrN2/c1-9-4-6-14(7-5-9)10-2-3-11(12)13-8-10/h2-3,8-9H,4-7H2,1H3/i1D3,4D2,5D2,6D2,7D2,9D. The summed E-state index contributed by atoms with van der Waals surface area (Å²) in [6.45, 7) is -10.4. The maximum atomic E-state index is 8.15. The van der Waals surface area contributed by atoms with Gasteiger partial charge < -0.3 is 4.90 Å². The van der Waals surface area contributed by atoms with E-state index in [2.05, 4.69) is 20.9 Å². The summed E-state index contributed by atoms with van der Waals surface area (Å²) < 4.78 is 95.7. The smallest absolute Gasteiger partial charge is 0.106 e. The average Bonchev–Trinajstić information content (AvgIpc) is 2.45. The van der Waals surface area contributed by atoms with Gasteiger partial charge in [-0.25, -0.2) is 4.98 Å². The Morgan fingerprint density at radius 1 is 1.64 bits per heavy atom. The first-order chi connectivity index (χ1) is 11.4. The summed E-state index contributed by atoms with van der Waals surface area (Å²) >= 11 is 3.05. The van der Waals surface area contributed by atoms with Crippen molar-refractivity contribution in [1.82, 2.24) is 4.98 Å². The molecular weight excluding hydrogens is 240 g/mol. The molecule has 0 atom stereocenters. The third-order valence-electron chi connectivity index (χ3n) is 1.56. The summed E-state index contributed by atoms with van der Waals surface area (Å²) in [5.41, 5.74) is -0.302. The van der Waals surface area contributed by atoms with Gasteiger partial charge in [0.15, 0.2) is 0 Å². The molecule has 1 aromatic heterocycles. The third-order valence-corrected chi connectivity index (χ3v) is 2.02. The monoisotopic (exact) mass is 266 g/mol. The zero-order chi connectivity index (χ0) is 20.6.